The molecule has 1 amide bonds. The number of rotatable bonds is 11. The first kappa shape index (κ1) is 32.8. The number of nitrogens with zero attached hydrogens (tertiary/aromatic N) is 2. The molecule has 0 spiro atoms. The Hall–Kier alpha value is -4.13. The van der Waals surface area contributed by atoms with Gasteiger partial charge in [0.2, 0.25) is 5.91 Å². The van der Waals surface area contributed by atoms with Crippen molar-refractivity contribution >= 4 is 27.6 Å². The molecular formula is C32H39N3O8S. The smallest absolute Gasteiger partial charge is 0.335 e. The van der Waals surface area contributed by atoms with Gasteiger partial charge in [-0.05, 0) is 74.1 Å². The molecule has 3 aromatic carbocycles. The molecule has 0 aromatic heterocycles. The molecule has 1 aliphatic rings. The third kappa shape index (κ3) is 8.07. The molecule has 3 aromatic rings. The zero-order valence-electron chi connectivity index (χ0n) is 25.3. The summed E-state index contributed by atoms with van der Waals surface area (Å²) in [5, 5.41) is 19.1. The number of hydrogen-bond acceptors (Lipinski definition) is 8. The van der Waals surface area contributed by atoms with Crippen molar-refractivity contribution in [2.45, 2.75) is 43.9 Å². The van der Waals surface area contributed by atoms with Crippen molar-refractivity contribution in [3.05, 3.63) is 83.4 Å². The predicted octanol–water partition coefficient (Wildman–Crippen LogP) is 3.48. The number of fused-ring (bicyclic) bond motifs is 1. The molecule has 3 N–H and O–H groups in total. The van der Waals surface area contributed by atoms with Crippen molar-refractivity contribution in [2.75, 3.05) is 38.6 Å². The van der Waals surface area contributed by atoms with Crippen LogP contribution in [0.15, 0.2) is 71.6 Å². The van der Waals surface area contributed by atoms with Crippen LogP contribution >= 0.6 is 0 Å². The molecule has 3 atom stereocenters. The number of benzene rings is 3. The lowest BCUT2D eigenvalue weighted by Crippen LogP contribution is -2.47. The Labute approximate surface area is 258 Å². The van der Waals surface area contributed by atoms with Crippen LogP contribution in [-0.4, -0.2) is 86.3 Å². The first-order chi connectivity index (χ1) is 20.9. The number of aromatic carboxylic acids is 1. The molecule has 44 heavy (non-hydrogen) atoms. The van der Waals surface area contributed by atoms with E-state index in [9.17, 15) is 28.2 Å². The summed E-state index contributed by atoms with van der Waals surface area (Å²) in [5.41, 5.74) is 1.96. The summed E-state index contributed by atoms with van der Waals surface area (Å²) in [7, 11) is -0.483. The number of carbonyl (C=O) groups excluding carboxylic acids is 1. The Morgan fingerprint density at radius 3 is 2.43 bits per heavy atom. The van der Waals surface area contributed by atoms with Crippen LogP contribution < -0.4 is 14.2 Å². The minimum absolute atomic E-state index is 0.0387. The van der Waals surface area contributed by atoms with Crippen molar-refractivity contribution < 1.29 is 37.7 Å². The number of ether oxygens (including phenoxy) is 2. The Kier molecular flexibility index (Phi) is 10.5. The molecule has 0 unspecified atom stereocenters. The van der Waals surface area contributed by atoms with Crippen LogP contribution in [0, 0.1) is 5.92 Å². The van der Waals surface area contributed by atoms with Gasteiger partial charge in [0, 0.05) is 36.8 Å². The van der Waals surface area contributed by atoms with Gasteiger partial charge < -0.3 is 24.6 Å². The lowest BCUT2D eigenvalue weighted by atomic mass is 10.0. The van der Waals surface area contributed by atoms with Crippen LogP contribution in [-0.2, 0) is 27.8 Å². The number of likely N-dealkylation sites (N-methyl/N-ethyl adjacent to an activating group) is 1. The minimum Gasteiger partial charge on any atom is -0.497 e. The van der Waals surface area contributed by atoms with Crippen LogP contribution in [0.1, 0.15) is 35.3 Å². The lowest BCUT2D eigenvalue weighted by Gasteiger charge is -2.34. The zero-order valence-corrected chi connectivity index (χ0v) is 26.1. The minimum atomic E-state index is -3.92. The quantitative estimate of drug-likeness (QED) is 0.292. The first-order valence-corrected chi connectivity index (χ1v) is 15.8. The fraction of sp³-hybridized carbons (Fsp3) is 0.375. The van der Waals surface area contributed by atoms with Crippen molar-refractivity contribution in [1.82, 2.24) is 9.80 Å². The van der Waals surface area contributed by atoms with Crippen LogP contribution in [0.3, 0.4) is 0 Å². The number of nitrogens with one attached hydrogen (secondary N) is 1. The van der Waals surface area contributed by atoms with Gasteiger partial charge in [0.05, 0.1) is 36.6 Å². The highest BCUT2D eigenvalue weighted by Crippen LogP contribution is 2.30. The van der Waals surface area contributed by atoms with E-state index in [-0.39, 0.29) is 47.1 Å². The fourth-order valence-electron chi connectivity index (χ4n) is 5.12. The van der Waals surface area contributed by atoms with Gasteiger partial charge in [0.15, 0.2) is 0 Å². The molecule has 12 heteroatoms. The number of aliphatic hydroxyl groups is 1. The second kappa shape index (κ2) is 14.1. The SMILES string of the molecule is COc1ccc(S(=O)(=O)Nc2ccc3c(c2)CC(=O)N([C@@H](C)CO)C[C@@H](C)[C@H](CN(C)Cc2ccc(C(=O)O)cc2)O3)cc1. The van der Waals surface area contributed by atoms with Crippen molar-refractivity contribution in [3.63, 3.8) is 0 Å². The highest BCUT2D eigenvalue weighted by Gasteiger charge is 2.31. The molecule has 0 saturated heterocycles. The third-order valence-corrected chi connectivity index (χ3v) is 9.08. The molecule has 0 fully saturated rings. The van der Waals surface area contributed by atoms with E-state index < -0.39 is 22.0 Å². The average molecular weight is 626 g/mol. The van der Waals surface area contributed by atoms with Gasteiger partial charge in [-0.1, -0.05) is 19.1 Å². The molecule has 0 aliphatic carbocycles. The molecule has 11 nitrogen and oxygen atoms in total. The van der Waals surface area contributed by atoms with E-state index in [1.807, 2.05) is 14.0 Å². The summed E-state index contributed by atoms with van der Waals surface area (Å²) >= 11 is 0. The number of anilines is 1. The summed E-state index contributed by atoms with van der Waals surface area (Å²) < 4.78 is 40.4. The number of carboxylic acids is 1. The maximum absolute atomic E-state index is 13.5. The maximum Gasteiger partial charge on any atom is 0.335 e. The summed E-state index contributed by atoms with van der Waals surface area (Å²) in [6.45, 7) is 4.96. The first-order valence-electron chi connectivity index (χ1n) is 14.3. The summed E-state index contributed by atoms with van der Waals surface area (Å²) in [6, 6.07) is 17.2. The van der Waals surface area contributed by atoms with Gasteiger partial charge in [0.1, 0.15) is 17.6 Å². The van der Waals surface area contributed by atoms with E-state index in [4.69, 9.17) is 9.47 Å². The van der Waals surface area contributed by atoms with Gasteiger partial charge in [0.25, 0.3) is 10.0 Å². The summed E-state index contributed by atoms with van der Waals surface area (Å²) in [6.07, 6.45) is -0.402. The van der Waals surface area contributed by atoms with Crippen molar-refractivity contribution in [1.29, 1.82) is 0 Å². The Morgan fingerprint density at radius 1 is 1.14 bits per heavy atom. The molecule has 0 radical (unpaired) electrons. The van der Waals surface area contributed by atoms with Crippen LogP contribution in [0.5, 0.6) is 11.5 Å². The number of sulfonamides is 1. The van der Waals surface area contributed by atoms with Crippen LogP contribution in [0.2, 0.25) is 0 Å². The number of amides is 1. The Balaban J connectivity index is 1.60. The van der Waals surface area contributed by atoms with Gasteiger partial charge in [-0.25, -0.2) is 13.2 Å². The van der Waals surface area contributed by atoms with E-state index in [0.29, 0.717) is 36.7 Å². The normalized spacial score (nSPS) is 18.0. The summed E-state index contributed by atoms with van der Waals surface area (Å²) in [4.78, 5) is 28.5. The highest BCUT2D eigenvalue weighted by atomic mass is 32.2. The second-order valence-electron chi connectivity index (χ2n) is 11.2. The molecular weight excluding hydrogens is 586 g/mol. The van der Waals surface area contributed by atoms with E-state index in [0.717, 1.165) is 5.56 Å². The number of hydrogen-bond donors (Lipinski definition) is 3. The topological polar surface area (TPSA) is 146 Å². The number of carboxylic acid groups (broad SMARTS) is 1. The summed E-state index contributed by atoms with van der Waals surface area (Å²) in [5.74, 6) is -0.302. The number of methoxy groups -OCH3 is 1. The van der Waals surface area contributed by atoms with Gasteiger partial charge >= 0.3 is 5.97 Å². The number of aliphatic hydroxyl groups excluding tert-OH is 1. The van der Waals surface area contributed by atoms with Gasteiger partial charge in [-0.2, -0.15) is 0 Å². The zero-order chi connectivity index (χ0) is 32.0. The molecule has 0 saturated carbocycles. The van der Waals surface area contributed by atoms with E-state index in [1.165, 1.54) is 19.2 Å². The van der Waals surface area contributed by atoms with Gasteiger partial charge in [-0.3, -0.25) is 14.4 Å². The van der Waals surface area contributed by atoms with Crippen molar-refractivity contribution in [3.8, 4) is 11.5 Å². The molecule has 1 heterocycles. The van der Waals surface area contributed by atoms with E-state index in [1.54, 1.807) is 66.4 Å². The average Bonchev–Trinajstić information content (AvgIpc) is 3.04. The molecule has 236 valence electrons. The van der Waals surface area contributed by atoms with Crippen LogP contribution in [0.25, 0.3) is 0 Å². The molecule has 0 bridgehead atoms. The highest BCUT2D eigenvalue weighted by molar-refractivity contribution is 7.92. The predicted molar refractivity (Wildman–Crippen MR) is 166 cm³/mol. The Morgan fingerprint density at radius 2 is 1.82 bits per heavy atom. The van der Waals surface area contributed by atoms with Crippen molar-refractivity contribution in [2.24, 2.45) is 5.92 Å². The van der Waals surface area contributed by atoms with Crippen LogP contribution in [0.4, 0.5) is 5.69 Å². The standard InChI is InChI=1S/C32H39N3O8S/c1-21-17-35(22(2)20-36)31(37)16-25-15-26(33-44(40,41)28-12-10-27(42-4)11-13-28)9-14-29(25)43-30(21)19-34(3)18-23-5-7-24(8-6-23)32(38)39/h5-15,21-22,30,33,36H,16-20H2,1-4H3,(H,38,39)/t21-,22+,30+/m1/s1. The maximum atomic E-state index is 13.5. The van der Waals surface area contributed by atoms with E-state index in [2.05, 4.69) is 9.62 Å². The molecule has 4 rings (SSSR count). The van der Waals surface area contributed by atoms with Gasteiger partial charge in [-0.15, -0.1) is 0 Å². The molecule has 1 aliphatic heterocycles. The Bertz CT molecular complexity index is 1560. The number of carbonyl (C=O) groups is 2. The second-order valence-corrected chi connectivity index (χ2v) is 12.9. The third-order valence-electron chi connectivity index (χ3n) is 7.68. The largest absolute Gasteiger partial charge is 0.497 e. The monoisotopic (exact) mass is 625 g/mol. The fourth-order valence-corrected chi connectivity index (χ4v) is 6.17. The lowest BCUT2D eigenvalue weighted by molar-refractivity contribution is -0.134. The van der Waals surface area contributed by atoms with E-state index >= 15 is 0 Å².